The second-order valence-electron chi connectivity index (χ2n) is 12.5. The van der Waals surface area contributed by atoms with Gasteiger partial charge in [0.25, 0.3) is 0 Å². The maximum atomic E-state index is 14.3. The van der Waals surface area contributed by atoms with Gasteiger partial charge < -0.3 is 5.32 Å². The molecule has 188 valence electrons. The highest BCUT2D eigenvalue weighted by Gasteiger charge is 2.60. The van der Waals surface area contributed by atoms with Crippen molar-refractivity contribution in [3.05, 3.63) is 83.6 Å². The van der Waals surface area contributed by atoms with Crippen LogP contribution in [-0.4, -0.2) is 18.1 Å². The zero-order chi connectivity index (χ0) is 24.9. The molecule has 1 unspecified atom stereocenters. The third kappa shape index (κ3) is 3.78. The lowest BCUT2D eigenvalue weighted by Crippen LogP contribution is -2.59. The minimum Gasteiger partial charge on any atom is -0.387 e. The number of allylic oxidation sites excluding steroid dienone is 2. The molecule has 1 aliphatic heterocycles. The van der Waals surface area contributed by atoms with Crippen LogP contribution in [0.25, 0.3) is 0 Å². The molecular weight excluding hydrogens is 442 g/mol. The Balaban J connectivity index is 1.34. The van der Waals surface area contributed by atoms with Gasteiger partial charge in [-0.1, -0.05) is 80.9 Å². The van der Waals surface area contributed by atoms with Crippen molar-refractivity contribution in [2.45, 2.75) is 64.7 Å². The van der Waals surface area contributed by atoms with E-state index in [0.29, 0.717) is 30.1 Å². The lowest BCUT2D eigenvalue weighted by atomic mass is 9.48. The summed E-state index contributed by atoms with van der Waals surface area (Å²) in [6.07, 6.45) is 9.05. The van der Waals surface area contributed by atoms with Crippen molar-refractivity contribution >= 4 is 11.6 Å². The fourth-order valence-corrected chi connectivity index (χ4v) is 8.80. The van der Waals surface area contributed by atoms with Crippen LogP contribution in [0.3, 0.4) is 0 Å². The first-order chi connectivity index (χ1) is 17.4. The van der Waals surface area contributed by atoms with Crippen molar-refractivity contribution in [2.24, 2.45) is 34.5 Å². The molecule has 0 spiro atoms. The summed E-state index contributed by atoms with van der Waals surface area (Å²) in [5.74, 6) is 1.89. The smallest absolute Gasteiger partial charge is 0.158 e. The van der Waals surface area contributed by atoms with Crippen LogP contribution in [0.4, 0.5) is 0 Å². The van der Waals surface area contributed by atoms with E-state index < -0.39 is 0 Å². The molecule has 0 aromatic heterocycles. The quantitative estimate of drug-likeness (QED) is 0.517. The molecule has 4 aliphatic rings. The Bertz CT molecular complexity index is 1130. The standard InChI is InChI=1S/C33H39NO2/c1-32-16-9-14-27(32)26-21-34-31-19-24(35)18-29(33(31,2)28(26)15-17-32)30(36)20-25(22-10-5-3-6-11-22)23-12-7-4-8-13-23/h3-8,10-13,19,25-29,34H,9,14-18,20-21H2,1-2H3/t26-,27-,28+,29?,32-,33-/m0/s1. The maximum absolute atomic E-state index is 14.3. The van der Waals surface area contributed by atoms with E-state index >= 15 is 0 Å². The summed E-state index contributed by atoms with van der Waals surface area (Å²) < 4.78 is 0. The van der Waals surface area contributed by atoms with Gasteiger partial charge in [0.05, 0.1) is 0 Å². The van der Waals surface area contributed by atoms with Crippen molar-refractivity contribution in [3.63, 3.8) is 0 Å². The Morgan fingerprint density at radius 3 is 2.28 bits per heavy atom. The van der Waals surface area contributed by atoms with Crippen molar-refractivity contribution in [3.8, 4) is 0 Å². The van der Waals surface area contributed by atoms with Gasteiger partial charge >= 0.3 is 0 Å². The Labute approximate surface area is 215 Å². The van der Waals surface area contributed by atoms with Crippen molar-refractivity contribution in [1.82, 2.24) is 5.32 Å². The molecule has 0 radical (unpaired) electrons. The van der Waals surface area contributed by atoms with Gasteiger partial charge in [0.2, 0.25) is 0 Å². The number of rotatable bonds is 5. The number of piperidine rings is 1. The summed E-state index contributed by atoms with van der Waals surface area (Å²) in [5, 5.41) is 3.71. The Morgan fingerprint density at radius 2 is 1.61 bits per heavy atom. The highest BCUT2D eigenvalue weighted by atomic mass is 16.1. The number of fused-ring (bicyclic) bond motifs is 5. The molecule has 3 aliphatic carbocycles. The van der Waals surface area contributed by atoms with Crippen molar-refractivity contribution in [2.75, 3.05) is 6.54 Å². The van der Waals surface area contributed by atoms with Gasteiger partial charge in [0, 0.05) is 48.4 Å². The summed E-state index contributed by atoms with van der Waals surface area (Å²) in [4.78, 5) is 27.2. The van der Waals surface area contributed by atoms with Gasteiger partial charge in [-0.15, -0.1) is 0 Å². The lowest BCUT2D eigenvalue weighted by Gasteiger charge is -2.59. The largest absolute Gasteiger partial charge is 0.387 e. The van der Waals surface area contributed by atoms with E-state index in [1.807, 2.05) is 18.2 Å². The molecule has 3 fully saturated rings. The molecule has 36 heavy (non-hydrogen) atoms. The summed E-state index contributed by atoms with van der Waals surface area (Å²) >= 11 is 0. The van der Waals surface area contributed by atoms with Gasteiger partial charge in [-0.05, 0) is 60.0 Å². The molecule has 3 nitrogen and oxygen atoms in total. The number of hydrogen-bond acceptors (Lipinski definition) is 3. The van der Waals surface area contributed by atoms with Gasteiger partial charge in [0.15, 0.2) is 5.78 Å². The van der Waals surface area contributed by atoms with Crippen LogP contribution in [0.15, 0.2) is 72.4 Å². The first-order valence-electron chi connectivity index (χ1n) is 14.0. The third-order valence-electron chi connectivity index (χ3n) is 10.7. The summed E-state index contributed by atoms with van der Waals surface area (Å²) in [6.45, 7) is 5.78. The monoisotopic (exact) mass is 481 g/mol. The molecule has 2 saturated carbocycles. The highest BCUT2D eigenvalue weighted by Crippen LogP contribution is 2.63. The average Bonchev–Trinajstić information content (AvgIpc) is 3.30. The molecule has 1 heterocycles. The molecule has 6 atom stereocenters. The van der Waals surface area contributed by atoms with Crippen molar-refractivity contribution in [1.29, 1.82) is 0 Å². The molecular formula is C33H39NO2. The molecule has 2 aromatic rings. The van der Waals surface area contributed by atoms with E-state index in [1.54, 1.807) is 0 Å². The molecule has 0 amide bonds. The van der Waals surface area contributed by atoms with Gasteiger partial charge in [-0.3, -0.25) is 9.59 Å². The molecule has 0 bridgehead atoms. The molecule has 3 heteroatoms. The van der Waals surface area contributed by atoms with Crippen LogP contribution in [-0.2, 0) is 9.59 Å². The number of carbonyl (C=O) groups excluding carboxylic acids is 2. The third-order valence-corrected chi connectivity index (χ3v) is 10.7. The number of carbonyl (C=O) groups is 2. The van der Waals surface area contributed by atoms with E-state index in [-0.39, 0.29) is 28.8 Å². The Morgan fingerprint density at radius 1 is 0.944 bits per heavy atom. The zero-order valence-corrected chi connectivity index (χ0v) is 21.7. The van der Waals surface area contributed by atoms with Crippen LogP contribution < -0.4 is 5.32 Å². The van der Waals surface area contributed by atoms with Crippen LogP contribution in [0.1, 0.15) is 75.8 Å². The lowest BCUT2D eigenvalue weighted by molar-refractivity contribution is -0.137. The minimum atomic E-state index is -0.282. The van der Waals surface area contributed by atoms with Crippen LogP contribution in [0.5, 0.6) is 0 Å². The van der Waals surface area contributed by atoms with Crippen molar-refractivity contribution < 1.29 is 9.59 Å². The number of ketones is 2. The second-order valence-corrected chi connectivity index (χ2v) is 12.5. The zero-order valence-electron chi connectivity index (χ0n) is 21.7. The van der Waals surface area contributed by atoms with E-state index in [4.69, 9.17) is 0 Å². The van der Waals surface area contributed by atoms with E-state index in [2.05, 4.69) is 67.7 Å². The molecule has 1 saturated heterocycles. The first-order valence-corrected chi connectivity index (χ1v) is 14.0. The number of Topliss-reactive ketones (excluding diaryl/α,β-unsaturated/α-hetero) is 1. The normalized spacial score (nSPS) is 35.3. The van der Waals surface area contributed by atoms with Crippen LogP contribution in [0, 0.1) is 34.5 Å². The van der Waals surface area contributed by atoms with Crippen LogP contribution in [0.2, 0.25) is 0 Å². The molecule has 6 rings (SSSR count). The summed E-state index contributed by atoms with van der Waals surface area (Å²) in [6, 6.07) is 20.8. The minimum absolute atomic E-state index is 0.00443. The maximum Gasteiger partial charge on any atom is 0.158 e. The highest BCUT2D eigenvalue weighted by molar-refractivity contribution is 5.97. The van der Waals surface area contributed by atoms with Gasteiger partial charge in [0.1, 0.15) is 5.78 Å². The van der Waals surface area contributed by atoms with Gasteiger partial charge in [-0.2, -0.15) is 0 Å². The number of hydrogen-bond donors (Lipinski definition) is 1. The second kappa shape index (κ2) is 9.01. The fraction of sp³-hybridized carbons (Fsp3) is 0.515. The summed E-state index contributed by atoms with van der Waals surface area (Å²) in [5.41, 5.74) is 3.54. The topological polar surface area (TPSA) is 46.2 Å². The van der Waals surface area contributed by atoms with E-state index in [0.717, 1.165) is 18.2 Å². The van der Waals surface area contributed by atoms with Crippen LogP contribution >= 0.6 is 0 Å². The number of benzene rings is 2. The Hall–Kier alpha value is -2.68. The van der Waals surface area contributed by atoms with E-state index in [1.165, 1.54) is 43.2 Å². The Kier molecular flexibility index (Phi) is 5.93. The van der Waals surface area contributed by atoms with Gasteiger partial charge in [-0.25, -0.2) is 0 Å². The average molecular weight is 482 g/mol. The van der Waals surface area contributed by atoms with E-state index in [9.17, 15) is 9.59 Å². The predicted octanol–water partition coefficient (Wildman–Crippen LogP) is 6.69. The SMILES string of the molecule is C[C@@]12CCC[C@H]1[C@@H]1CNC3=CC(=O)CC(C(=O)CC(c4ccccc4)c4ccccc4)[C@]3(C)[C@@H]1CC2. The fourth-order valence-electron chi connectivity index (χ4n) is 8.80. The predicted molar refractivity (Wildman–Crippen MR) is 143 cm³/mol. The summed E-state index contributed by atoms with van der Waals surface area (Å²) in [7, 11) is 0. The first kappa shape index (κ1) is 23.7. The molecule has 2 aromatic carbocycles. The number of nitrogens with one attached hydrogen (secondary N) is 1. The molecule has 1 N–H and O–H groups in total.